The van der Waals surface area contributed by atoms with Crippen molar-refractivity contribution in [3.05, 3.63) is 143 Å². The van der Waals surface area contributed by atoms with E-state index in [0.717, 1.165) is 33.7 Å². The summed E-state index contributed by atoms with van der Waals surface area (Å²) in [4.78, 5) is 22.8. The summed E-state index contributed by atoms with van der Waals surface area (Å²) in [5.74, 6) is 1.43. The molecular weight excluding hydrogens is 540 g/mol. The van der Waals surface area contributed by atoms with Crippen LogP contribution < -0.4 is 4.74 Å². The van der Waals surface area contributed by atoms with Gasteiger partial charge in [0.2, 0.25) is 5.89 Å². The molecule has 1 heterocycles. The molecule has 7 nitrogen and oxygen atoms in total. The summed E-state index contributed by atoms with van der Waals surface area (Å²) in [7, 11) is 0. The largest absolute Gasteiger partial charge is 0.487 e. The second-order valence-corrected chi connectivity index (χ2v) is 9.62. The molecule has 0 unspecified atom stereocenters. The van der Waals surface area contributed by atoms with Crippen LogP contribution in [0.25, 0.3) is 23.6 Å². The van der Waals surface area contributed by atoms with Gasteiger partial charge in [-0.3, -0.25) is 0 Å². The number of aryl methyl sites for hydroxylation is 1. The summed E-state index contributed by atoms with van der Waals surface area (Å²) < 4.78 is 17.0. The molecule has 0 aliphatic rings. The molecule has 0 amide bonds. The first kappa shape index (κ1) is 29.1. The van der Waals surface area contributed by atoms with Gasteiger partial charge < -0.3 is 18.7 Å². The number of benzene rings is 4. The van der Waals surface area contributed by atoms with E-state index in [1.807, 2.05) is 128 Å². The quantitative estimate of drug-likeness (QED) is 0.0654. The van der Waals surface area contributed by atoms with Gasteiger partial charge in [-0.1, -0.05) is 102 Å². The Bertz CT molecular complexity index is 1670. The molecule has 0 spiro atoms. The maximum absolute atomic E-state index is 12.6. The number of carbonyl (C=O) groups is 1. The van der Waals surface area contributed by atoms with Crippen molar-refractivity contribution in [2.45, 2.75) is 27.1 Å². The van der Waals surface area contributed by atoms with Crippen LogP contribution in [0, 0.1) is 6.92 Å². The Balaban J connectivity index is 1.18. The molecule has 0 N–H and O–H groups in total. The highest BCUT2D eigenvalue weighted by Gasteiger charge is 2.17. The van der Waals surface area contributed by atoms with E-state index in [1.54, 1.807) is 6.92 Å². The highest BCUT2D eigenvalue weighted by molar-refractivity contribution is 6.43. The van der Waals surface area contributed by atoms with Gasteiger partial charge in [-0.2, -0.15) is 0 Å². The van der Waals surface area contributed by atoms with Crippen molar-refractivity contribution < 1.29 is 23.5 Å². The fraction of sp³-hybridized carbons (Fsp3) is 0.139. The Morgan fingerprint density at radius 3 is 2.14 bits per heavy atom. The van der Waals surface area contributed by atoms with Crippen molar-refractivity contribution in [2.24, 2.45) is 5.16 Å². The number of nitrogens with zero attached hydrogens (tertiary/aromatic N) is 2. The van der Waals surface area contributed by atoms with Gasteiger partial charge in [-0.15, -0.1) is 0 Å². The third kappa shape index (κ3) is 8.07. The zero-order chi connectivity index (χ0) is 29.9. The fourth-order valence-corrected chi connectivity index (χ4v) is 4.19. The highest BCUT2D eigenvalue weighted by atomic mass is 16.6. The molecule has 0 saturated carbocycles. The predicted octanol–water partition coefficient (Wildman–Crippen LogP) is 7.88. The summed E-state index contributed by atoms with van der Waals surface area (Å²) in [6.07, 6.45) is 4.05. The lowest BCUT2D eigenvalue weighted by molar-refractivity contribution is -0.135. The lowest BCUT2D eigenvalue weighted by Crippen LogP contribution is -2.19. The minimum atomic E-state index is -0.544. The first-order chi connectivity index (χ1) is 21.1. The molecule has 0 fully saturated rings. The highest BCUT2D eigenvalue weighted by Crippen LogP contribution is 2.23. The number of rotatable bonds is 12. The second kappa shape index (κ2) is 14.5. The number of hydrogen-bond acceptors (Lipinski definition) is 7. The predicted molar refractivity (Wildman–Crippen MR) is 167 cm³/mol. The van der Waals surface area contributed by atoms with Crippen LogP contribution >= 0.6 is 0 Å². The van der Waals surface area contributed by atoms with E-state index in [9.17, 15) is 4.79 Å². The number of esters is 1. The topological polar surface area (TPSA) is 83.2 Å². The lowest BCUT2D eigenvalue weighted by atomic mass is 10.1. The smallest absolute Gasteiger partial charge is 0.361 e. The second-order valence-electron chi connectivity index (χ2n) is 9.62. The number of oxazole rings is 1. The molecule has 0 atom stereocenters. The molecule has 1 aromatic heterocycles. The first-order valence-electron chi connectivity index (χ1n) is 14.0. The van der Waals surface area contributed by atoms with E-state index in [1.165, 1.54) is 0 Å². The third-order valence-electron chi connectivity index (χ3n) is 6.52. The summed E-state index contributed by atoms with van der Waals surface area (Å²) in [6.45, 7) is 4.32. The summed E-state index contributed by atoms with van der Waals surface area (Å²) in [5.41, 5.74) is 5.35. The Labute approximate surface area is 251 Å². The summed E-state index contributed by atoms with van der Waals surface area (Å²) in [6, 6.07) is 34.8. The number of carbonyl (C=O) groups excluding carboxylic acids is 1. The molecule has 0 aliphatic carbocycles. The van der Waals surface area contributed by atoms with Gasteiger partial charge in [0.25, 0.3) is 0 Å². The average Bonchev–Trinajstić information content (AvgIpc) is 3.43. The van der Waals surface area contributed by atoms with Crippen molar-refractivity contribution in [1.29, 1.82) is 0 Å². The van der Waals surface area contributed by atoms with E-state index < -0.39 is 5.97 Å². The third-order valence-corrected chi connectivity index (χ3v) is 6.52. The van der Waals surface area contributed by atoms with E-state index >= 15 is 0 Å². The molecule has 0 saturated heterocycles. The molecule has 43 heavy (non-hydrogen) atoms. The number of aromatic nitrogens is 1. The maximum atomic E-state index is 12.6. The van der Waals surface area contributed by atoms with E-state index in [4.69, 9.17) is 18.7 Å². The van der Waals surface area contributed by atoms with Gasteiger partial charge >= 0.3 is 5.97 Å². The van der Waals surface area contributed by atoms with Gasteiger partial charge in [0.15, 0.2) is 5.71 Å². The van der Waals surface area contributed by atoms with Crippen molar-refractivity contribution in [1.82, 2.24) is 4.98 Å². The van der Waals surface area contributed by atoms with Crippen LogP contribution in [0.1, 0.15) is 40.6 Å². The van der Waals surface area contributed by atoms with Crippen molar-refractivity contribution in [2.75, 3.05) is 6.61 Å². The molecule has 0 aliphatic heterocycles. The van der Waals surface area contributed by atoms with Crippen LogP contribution in [0.4, 0.5) is 0 Å². The molecular formula is C36H32N2O5. The number of ether oxygens (including phenoxy) is 2. The molecule has 5 rings (SSSR count). The minimum absolute atomic E-state index is 0.109. The minimum Gasteiger partial charge on any atom is -0.487 e. The Hall–Kier alpha value is -5.43. The zero-order valence-electron chi connectivity index (χ0n) is 24.1. The first-order valence-corrected chi connectivity index (χ1v) is 14.0. The average molecular weight is 573 g/mol. The van der Waals surface area contributed by atoms with Gasteiger partial charge in [0.1, 0.15) is 30.4 Å². The molecule has 0 radical (unpaired) electrons. The molecule has 0 bridgehead atoms. The zero-order valence-corrected chi connectivity index (χ0v) is 24.1. The van der Waals surface area contributed by atoms with Crippen molar-refractivity contribution >= 4 is 23.8 Å². The van der Waals surface area contributed by atoms with E-state index in [0.29, 0.717) is 17.2 Å². The lowest BCUT2D eigenvalue weighted by Gasteiger charge is -2.08. The molecule has 7 heteroatoms. The van der Waals surface area contributed by atoms with Gasteiger partial charge in [-0.25, -0.2) is 9.78 Å². The van der Waals surface area contributed by atoms with Gasteiger partial charge in [-0.05, 0) is 54.8 Å². The van der Waals surface area contributed by atoms with Crippen LogP contribution in [0.5, 0.6) is 5.75 Å². The Morgan fingerprint density at radius 2 is 1.47 bits per heavy atom. The molecule has 5 aromatic rings. The summed E-state index contributed by atoms with van der Waals surface area (Å²) >= 11 is 0. The maximum Gasteiger partial charge on any atom is 0.361 e. The normalized spacial score (nSPS) is 11.4. The van der Waals surface area contributed by atoms with Crippen LogP contribution in [-0.4, -0.2) is 23.3 Å². The Morgan fingerprint density at radius 1 is 0.814 bits per heavy atom. The van der Waals surface area contributed by atoms with Gasteiger partial charge in [0.05, 0.1) is 6.61 Å². The monoisotopic (exact) mass is 572 g/mol. The van der Waals surface area contributed by atoms with Crippen molar-refractivity contribution in [3.63, 3.8) is 0 Å². The number of oxime groups is 1. The number of hydrogen-bond donors (Lipinski definition) is 0. The van der Waals surface area contributed by atoms with Crippen LogP contribution in [0.15, 0.2) is 119 Å². The molecule has 216 valence electrons. The van der Waals surface area contributed by atoms with Crippen LogP contribution in [0.2, 0.25) is 0 Å². The molecule has 4 aromatic carbocycles. The van der Waals surface area contributed by atoms with Crippen LogP contribution in [0.3, 0.4) is 0 Å². The van der Waals surface area contributed by atoms with Crippen molar-refractivity contribution in [3.8, 4) is 17.2 Å². The Kier molecular flexibility index (Phi) is 9.78. The SMILES string of the molecule is CCOC(=O)/C(=N\OCc1ccc(OCc2nc(-c3ccccc3)oc2C)cc1)c1ccc(/C=C/c2ccccc2)cc1. The van der Waals surface area contributed by atoms with E-state index in [-0.39, 0.29) is 25.5 Å². The summed E-state index contributed by atoms with van der Waals surface area (Å²) in [5, 5.41) is 4.14. The standard InChI is InChI=1S/C36H32N2O5/c1-3-40-36(39)34(30-20-16-28(17-21-30)15-14-27-10-6-4-7-11-27)38-42-24-29-18-22-32(23-19-29)41-25-33-26(2)43-35(37-33)31-12-8-5-9-13-31/h4-23H,3,24-25H2,1-2H3/b15-14+,38-34-. The van der Waals surface area contributed by atoms with Gasteiger partial charge in [0, 0.05) is 11.1 Å². The van der Waals surface area contributed by atoms with E-state index in [2.05, 4.69) is 10.1 Å². The fourth-order valence-electron chi connectivity index (χ4n) is 4.19. The van der Waals surface area contributed by atoms with Crippen LogP contribution in [-0.2, 0) is 27.6 Å².